The summed E-state index contributed by atoms with van der Waals surface area (Å²) < 4.78 is 81.7. The highest BCUT2D eigenvalue weighted by Gasteiger charge is 2.38. The maximum Gasteiger partial charge on any atom is 0.447 e. The zero-order chi connectivity index (χ0) is 39.0. The monoisotopic (exact) mass is 798 g/mol. The van der Waals surface area contributed by atoms with Crippen molar-refractivity contribution in [1.82, 2.24) is 0 Å². The Morgan fingerprint density at radius 1 is 0.431 bits per heavy atom. The molecule has 9 aromatic rings. The molecule has 0 bridgehead atoms. The molecule has 0 fully saturated rings. The summed E-state index contributed by atoms with van der Waals surface area (Å²) in [7, 11) is -10.0. The largest absolute Gasteiger partial charge is 0.447 e. The molecule has 9 aromatic carbocycles. The number of benzene rings is 9. The van der Waals surface area contributed by atoms with Crippen LogP contribution < -0.4 is 20.2 Å². The van der Waals surface area contributed by atoms with E-state index in [1.165, 1.54) is 0 Å². The summed E-state index contributed by atoms with van der Waals surface area (Å²) in [6, 6.07) is 38.3. The zero-order valence-electron chi connectivity index (χ0n) is 29.5. The lowest BCUT2D eigenvalue weighted by Crippen LogP contribution is -2.41. The van der Waals surface area contributed by atoms with Crippen molar-refractivity contribution in [2.75, 3.05) is 9.80 Å². The fourth-order valence-electron chi connectivity index (χ4n) is 9.71. The Balaban J connectivity index is 1.18. The predicted octanol–water partition coefficient (Wildman–Crippen LogP) is 7.64. The summed E-state index contributed by atoms with van der Waals surface area (Å²) in [5.41, 5.74) is 4.18. The highest BCUT2D eigenvalue weighted by atomic mass is 32.3. The zero-order valence-corrected chi connectivity index (χ0v) is 31.1. The van der Waals surface area contributed by atoms with Gasteiger partial charge in [0.05, 0.1) is 22.7 Å². The third-order valence-corrected chi connectivity index (χ3v) is 12.4. The Kier molecular flexibility index (Phi) is 5.77. The number of hydrogen-bond donors (Lipinski definition) is 2. The Morgan fingerprint density at radius 3 is 1.21 bits per heavy atom. The average molecular weight is 799 g/mol. The van der Waals surface area contributed by atoms with Crippen LogP contribution >= 0.6 is 0 Å². The number of anilines is 2. The van der Waals surface area contributed by atoms with Gasteiger partial charge in [-0.25, -0.2) is 9.98 Å². The van der Waals surface area contributed by atoms with Crippen LogP contribution in [0.2, 0.25) is 0 Å². The SMILES string of the molecule is O=S(=O)(O)OC1=c2ccc3c4ccc5c6c(ccc(c7ccc(c2c73)C2=Nc3cccc7cccc(c37)N21)c64)=C(OS(=O)(=O)O)N1C5=Nc2cccc3cccc1c23. The molecule has 58 heavy (non-hydrogen) atoms. The van der Waals surface area contributed by atoms with E-state index in [1.807, 2.05) is 109 Å². The fourth-order valence-corrected chi connectivity index (χ4v) is 10.4. The lowest BCUT2D eigenvalue weighted by Gasteiger charge is -2.36. The first kappa shape index (κ1) is 32.0. The minimum absolute atomic E-state index is 0.109. The Bertz CT molecular complexity index is 3650. The van der Waals surface area contributed by atoms with Crippen molar-refractivity contribution < 1.29 is 34.3 Å². The Hall–Kier alpha value is -7.10. The van der Waals surface area contributed by atoms with E-state index in [-0.39, 0.29) is 11.8 Å². The molecule has 278 valence electrons. The molecule has 0 aromatic heterocycles. The molecule has 13 rings (SSSR count). The molecule has 0 spiro atoms. The molecule has 2 N–H and O–H groups in total. The molecule has 14 heteroatoms. The molecule has 0 aliphatic carbocycles. The molecule has 0 radical (unpaired) electrons. The van der Waals surface area contributed by atoms with E-state index in [2.05, 4.69) is 0 Å². The number of nitrogens with zero attached hydrogens (tertiary/aromatic N) is 4. The average Bonchev–Trinajstić information content (AvgIpc) is 3.20. The van der Waals surface area contributed by atoms with Gasteiger partial charge in [-0.05, 0) is 91.6 Å². The fraction of sp³-hybridized carbons (Fsp3) is 0. The van der Waals surface area contributed by atoms with Gasteiger partial charge in [0, 0.05) is 43.1 Å². The van der Waals surface area contributed by atoms with Crippen LogP contribution in [0.3, 0.4) is 0 Å². The first-order valence-corrected chi connectivity index (χ1v) is 20.9. The number of fused-ring (bicyclic) bond motifs is 8. The van der Waals surface area contributed by atoms with Crippen molar-refractivity contribution in [3.8, 4) is 0 Å². The van der Waals surface area contributed by atoms with E-state index in [1.54, 1.807) is 21.9 Å². The summed E-state index contributed by atoms with van der Waals surface area (Å²) in [5.74, 6) is 0.652. The van der Waals surface area contributed by atoms with Gasteiger partial charge in [0.25, 0.3) is 0 Å². The van der Waals surface area contributed by atoms with E-state index in [0.29, 0.717) is 55.6 Å². The van der Waals surface area contributed by atoms with Crippen molar-refractivity contribution in [1.29, 1.82) is 0 Å². The van der Waals surface area contributed by atoms with Crippen LogP contribution in [-0.4, -0.2) is 37.6 Å². The Labute approximate surface area is 327 Å². The van der Waals surface area contributed by atoms with Gasteiger partial charge in [0.15, 0.2) is 0 Å². The Morgan fingerprint density at radius 2 is 0.810 bits per heavy atom. The summed E-state index contributed by atoms with van der Waals surface area (Å²) >= 11 is 0. The van der Waals surface area contributed by atoms with E-state index in [4.69, 9.17) is 18.4 Å². The molecule has 0 saturated carbocycles. The molecule has 4 aliphatic rings. The lowest BCUT2D eigenvalue weighted by molar-refractivity contribution is 0.362. The van der Waals surface area contributed by atoms with E-state index < -0.39 is 20.8 Å². The third kappa shape index (κ3) is 4.03. The van der Waals surface area contributed by atoms with Gasteiger partial charge < -0.3 is 8.37 Å². The van der Waals surface area contributed by atoms with Gasteiger partial charge in [-0.1, -0.05) is 72.8 Å². The maximum atomic E-state index is 12.6. The highest BCUT2D eigenvalue weighted by molar-refractivity contribution is 7.81. The molecule has 0 amide bonds. The normalized spacial score (nSPS) is 15.4. The van der Waals surface area contributed by atoms with E-state index in [9.17, 15) is 25.9 Å². The van der Waals surface area contributed by atoms with Gasteiger partial charge in [0.1, 0.15) is 11.7 Å². The quantitative estimate of drug-likeness (QED) is 0.103. The molecule has 0 atom stereocenters. The van der Waals surface area contributed by atoms with Crippen LogP contribution in [0.4, 0.5) is 22.7 Å². The summed E-state index contributed by atoms with van der Waals surface area (Å²) in [6.45, 7) is 0. The van der Waals surface area contributed by atoms with Crippen molar-refractivity contribution >= 4 is 132 Å². The molecular formula is C44H22N4O8S2. The second kappa shape index (κ2) is 10.4. The van der Waals surface area contributed by atoms with Crippen LogP contribution in [0, 0.1) is 0 Å². The second-order valence-corrected chi connectivity index (χ2v) is 16.7. The first-order valence-electron chi connectivity index (χ1n) is 18.1. The predicted molar refractivity (Wildman–Crippen MR) is 224 cm³/mol. The molecular weight excluding hydrogens is 777 g/mol. The van der Waals surface area contributed by atoms with Crippen LogP contribution in [0.25, 0.3) is 76.4 Å². The number of aliphatic imine (C=N–C) groups is 2. The highest BCUT2D eigenvalue weighted by Crippen LogP contribution is 2.49. The second-order valence-electron chi connectivity index (χ2n) is 14.6. The van der Waals surface area contributed by atoms with Gasteiger partial charge in [-0.15, -0.1) is 0 Å². The standard InChI is InChI=1S/C44H22N4O8S2/c49-57(50,51)55-43-29-19-15-25-24-14-18-28-40-30(44(56-58(52,53)54)48-34-12-4-8-22-6-2-10-32(36(22)34)46-42(28)48)20-16-26(38(24)40)23-13-17-27(39(29)37(23)25)41-45-31-9-1-5-21-7-3-11-33(35(21)31)47(41)43/h1-20H,(H,49,50,51)(H,52,53,54). The van der Waals surface area contributed by atoms with Crippen LogP contribution in [0.5, 0.6) is 0 Å². The van der Waals surface area contributed by atoms with Crippen LogP contribution in [0.15, 0.2) is 131 Å². The summed E-state index contributed by atoms with van der Waals surface area (Å²) in [4.78, 5) is 13.5. The van der Waals surface area contributed by atoms with Gasteiger partial charge in [0.2, 0.25) is 11.8 Å². The van der Waals surface area contributed by atoms with Crippen molar-refractivity contribution in [3.05, 3.63) is 143 Å². The van der Waals surface area contributed by atoms with Crippen molar-refractivity contribution in [3.63, 3.8) is 0 Å². The number of hydrogen-bond acceptors (Lipinski definition) is 10. The third-order valence-electron chi connectivity index (χ3n) is 11.7. The van der Waals surface area contributed by atoms with Gasteiger partial charge >= 0.3 is 20.8 Å². The minimum Gasteiger partial charge on any atom is -0.342 e. The number of rotatable bonds is 4. The van der Waals surface area contributed by atoms with E-state index in [0.717, 1.165) is 65.0 Å². The molecule has 4 aliphatic heterocycles. The number of amidine groups is 2. The molecule has 0 saturated heterocycles. The van der Waals surface area contributed by atoms with Crippen LogP contribution in [-0.2, 0) is 29.2 Å². The molecule has 4 heterocycles. The minimum atomic E-state index is -5.00. The van der Waals surface area contributed by atoms with Crippen LogP contribution in [0.1, 0.15) is 11.1 Å². The first-order chi connectivity index (χ1) is 28.0. The smallest absolute Gasteiger partial charge is 0.342 e. The summed E-state index contributed by atoms with van der Waals surface area (Å²) in [5, 5.41) is 10.6. The van der Waals surface area contributed by atoms with Gasteiger partial charge in [-0.2, -0.15) is 16.8 Å². The topological polar surface area (TPSA) is 158 Å². The molecule has 0 unspecified atom stereocenters. The van der Waals surface area contributed by atoms with Crippen molar-refractivity contribution in [2.45, 2.75) is 0 Å². The molecule has 12 nitrogen and oxygen atoms in total. The van der Waals surface area contributed by atoms with Gasteiger partial charge in [-0.3, -0.25) is 18.9 Å². The maximum absolute atomic E-state index is 12.6. The van der Waals surface area contributed by atoms with E-state index >= 15 is 0 Å². The lowest BCUT2D eigenvalue weighted by atomic mass is 9.84. The van der Waals surface area contributed by atoms with Crippen molar-refractivity contribution in [2.24, 2.45) is 9.98 Å². The summed E-state index contributed by atoms with van der Waals surface area (Å²) in [6.07, 6.45) is 0.